The summed E-state index contributed by atoms with van der Waals surface area (Å²) in [6, 6.07) is 0.987. The second kappa shape index (κ2) is 4.80. The highest BCUT2D eigenvalue weighted by atomic mass is 32.2. The molecule has 0 amide bonds. The van der Waals surface area contributed by atoms with Crippen molar-refractivity contribution >= 4 is 23.1 Å². The first-order chi connectivity index (χ1) is 8.64. The standard InChI is InChI=1S/C14H22N2S2/c1-9(2)15-12(14(17-3)7-8-14)13-16-10-5-4-6-11(10)18-13/h9,12,15H,4-8H2,1-3H3. The van der Waals surface area contributed by atoms with E-state index in [2.05, 4.69) is 25.4 Å². The van der Waals surface area contributed by atoms with Gasteiger partial charge >= 0.3 is 0 Å². The Balaban J connectivity index is 1.88. The number of aryl methyl sites for hydroxylation is 2. The predicted octanol–water partition coefficient (Wildman–Crippen LogP) is 3.57. The second-order valence-corrected chi connectivity index (χ2v) is 8.14. The summed E-state index contributed by atoms with van der Waals surface area (Å²) in [5.74, 6) is 0. The Morgan fingerprint density at radius 1 is 1.33 bits per heavy atom. The number of hydrogen-bond donors (Lipinski definition) is 1. The number of thioether (sulfide) groups is 1. The molecule has 0 aromatic carbocycles. The fraction of sp³-hybridized carbons (Fsp3) is 0.786. The van der Waals surface area contributed by atoms with Crippen LogP contribution in [0.2, 0.25) is 0 Å². The van der Waals surface area contributed by atoms with Gasteiger partial charge in [0.05, 0.1) is 11.7 Å². The van der Waals surface area contributed by atoms with Crippen molar-refractivity contribution in [2.45, 2.75) is 62.8 Å². The van der Waals surface area contributed by atoms with Gasteiger partial charge in [0, 0.05) is 15.7 Å². The molecule has 3 rings (SSSR count). The van der Waals surface area contributed by atoms with Gasteiger partial charge in [0.25, 0.3) is 0 Å². The molecule has 1 fully saturated rings. The number of hydrogen-bond acceptors (Lipinski definition) is 4. The molecular formula is C14H22N2S2. The molecule has 0 saturated heterocycles. The van der Waals surface area contributed by atoms with Gasteiger partial charge in [-0.3, -0.25) is 0 Å². The minimum absolute atomic E-state index is 0.426. The lowest BCUT2D eigenvalue weighted by Gasteiger charge is -2.27. The third-order valence-corrected chi connectivity index (χ3v) is 6.71. The monoisotopic (exact) mass is 282 g/mol. The Labute approximate surface area is 118 Å². The summed E-state index contributed by atoms with van der Waals surface area (Å²) in [5, 5.41) is 5.11. The molecule has 18 heavy (non-hydrogen) atoms. The van der Waals surface area contributed by atoms with Gasteiger partial charge in [0.1, 0.15) is 5.01 Å². The summed E-state index contributed by atoms with van der Waals surface area (Å²) in [5.41, 5.74) is 1.39. The Morgan fingerprint density at radius 2 is 2.11 bits per heavy atom. The molecular weight excluding hydrogens is 260 g/mol. The van der Waals surface area contributed by atoms with Crippen LogP contribution in [-0.2, 0) is 12.8 Å². The van der Waals surface area contributed by atoms with Crippen LogP contribution in [0.15, 0.2) is 0 Å². The number of fused-ring (bicyclic) bond motifs is 1. The van der Waals surface area contributed by atoms with E-state index in [0.717, 1.165) is 0 Å². The summed E-state index contributed by atoms with van der Waals surface area (Å²) < 4.78 is 0.426. The van der Waals surface area contributed by atoms with Crippen molar-refractivity contribution in [2.24, 2.45) is 0 Å². The zero-order valence-corrected chi connectivity index (χ0v) is 13.1. The summed E-state index contributed by atoms with van der Waals surface area (Å²) in [4.78, 5) is 6.49. The van der Waals surface area contributed by atoms with E-state index >= 15 is 0 Å². The van der Waals surface area contributed by atoms with Gasteiger partial charge in [0.2, 0.25) is 0 Å². The number of nitrogens with one attached hydrogen (secondary N) is 1. The van der Waals surface area contributed by atoms with Gasteiger partial charge in [-0.1, -0.05) is 13.8 Å². The zero-order valence-electron chi connectivity index (χ0n) is 11.5. The van der Waals surface area contributed by atoms with Crippen molar-refractivity contribution in [1.29, 1.82) is 0 Å². The van der Waals surface area contributed by atoms with Gasteiger partial charge in [-0.2, -0.15) is 11.8 Å². The molecule has 0 spiro atoms. The Kier molecular flexibility index (Phi) is 3.45. The highest BCUT2D eigenvalue weighted by molar-refractivity contribution is 8.00. The van der Waals surface area contributed by atoms with Gasteiger partial charge in [-0.05, 0) is 38.4 Å². The third kappa shape index (κ3) is 2.23. The van der Waals surface area contributed by atoms with E-state index in [1.54, 1.807) is 4.88 Å². The first-order valence-electron chi connectivity index (χ1n) is 6.94. The molecule has 0 bridgehead atoms. The Morgan fingerprint density at radius 3 is 2.67 bits per heavy atom. The van der Waals surface area contributed by atoms with Gasteiger partial charge in [-0.15, -0.1) is 11.3 Å². The molecule has 1 N–H and O–H groups in total. The Hall–Kier alpha value is -0.0600. The van der Waals surface area contributed by atoms with E-state index in [-0.39, 0.29) is 0 Å². The maximum absolute atomic E-state index is 4.94. The summed E-state index contributed by atoms with van der Waals surface area (Å²) in [6.45, 7) is 4.48. The summed E-state index contributed by atoms with van der Waals surface area (Å²) in [7, 11) is 0. The predicted molar refractivity (Wildman–Crippen MR) is 80.6 cm³/mol. The molecule has 2 aliphatic carbocycles. The minimum Gasteiger partial charge on any atom is -0.305 e. The highest BCUT2D eigenvalue weighted by Gasteiger charge is 2.51. The van der Waals surface area contributed by atoms with Crippen molar-refractivity contribution in [3.63, 3.8) is 0 Å². The normalized spacial score (nSPS) is 22.2. The zero-order chi connectivity index (χ0) is 12.8. The van der Waals surface area contributed by atoms with Crippen LogP contribution in [0.1, 0.15) is 54.7 Å². The van der Waals surface area contributed by atoms with Crippen LogP contribution in [-0.4, -0.2) is 22.0 Å². The number of rotatable bonds is 5. The molecule has 100 valence electrons. The van der Waals surface area contributed by atoms with Gasteiger partial charge in [0.15, 0.2) is 0 Å². The summed E-state index contributed by atoms with van der Waals surface area (Å²) in [6.07, 6.45) is 8.69. The molecule has 0 aliphatic heterocycles. The molecule has 1 unspecified atom stereocenters. The van der Waals surface area contributed by atoms with Crippen LogP contribution in [0.4, 0.5) is 0 Å². The van der Waals surface area contributed by atoms with Crippen LogP contribution in [0.25, 0.3) is 0 Å². The van der Waals surface area contributed by atoms with Crippen molar-refractivity contribution in [2.75, 3.05) is 6.26 Å². The largest absolute Gasteiger partial charge is 0.305 e. The first-order valence-corrected chi connectivity index (χ1v) is 8.98. The van der Waals surface area contributed by atoms with E-state index in [1.165, 1.54) is 42.8 Å². The second-order valence-electron chi connectivity index (χ2n) is 5.80. The average molecular weight is 282 g/mol. The van der Waals surface area contributed by atoms with Crippen molar-refractivity contribution in [3.8, 4) is 0 Å². The lowest BCUT2D eigenvalue weighted by Crippen LogP contribution is -2.36. The fourth-order valence-corrected chi connectivity index (χ4v) is 5.18. The Bertz CT molecular complexity index is 414. The smallest absolute Gasteiger partial charge is 0.112 e. The highest BCUT2D eigenvalue weighted by Crippen LogP contribution is 2.56. The van der Waals surface area contributed by atoms with E-state index in [1.807, 2.05) is 23.1 Å². The molecule has 2 aliphatic rings. The number of nitrogens with zero attached hydrogens (tertiary/aromatic N) is 1. The van der Waals surface area contributed by atoms with Gasteiger partial charge < -0.3 is 5.32 Å². The fourth-order valence-electron chi connectivity index (χ4n) is 2.85. The molecule has 4 heteroatoms. The third-order valence-electron chi connectivity index (χ3n) is 4.03. The molecule has 1 heterocycles. The maximum atomic E-state index is 4.94. The number of thiazole rings is 1. The van der Waals surface area contributed by atoms with Crippen LogP contribution in [0.5, 0.6) is 0 Å². The van der Waals surface area contributed by atoms with Crippen molar-refractivity contribution < 1.29 is 0 Å². The topological polar surface area (TPSA) is 24.9 Å². The maximum Gasteiger partial charge on any atom is 0.112 e. The van der Waals surface area contributed by atoms with Crippen molar-refractivity contribution in [3.05, 3.63) is 15.6 Å². The lowest BCUT2D eigenvalue weighted by atomic mass is 10.1. The van der Waals surface area contributed by atoms with Crippen molar-refractivity contribution in [1.82, 2.24) is 10.3 Å². The molecule has 1 atom stereocenters. The minimum atomic E-state index is 0.426. The lowest BCUT2D eigenvalue weighted by molar-refractivity contribution is 0.454. The summed E-state index contributed by atoms with van der Waals surface area (Å²) >= 11 is 4.00. The van der Waals surface area contributed by atoms with E-state index in [0.29, 0.717) is 16.8 Å². The SMILES string of the molecule is CSC1(C(NC(C)C)c2nc3c(s2)CCC3)CC1. The van der Waals surface area contributed by atoms with E-state index in [4.69, 9.17) is 4.98 Å². The number of aromatic nitrogens is 1. The van der Waals surface area contributed by atoms with Crippen LogP contribution >= 0.6 is 23.1 Å². The van der Waals surface area contributed by atoms with Gasteiger partial charge in [-0.25, -0.2) is 4.98 Å². The average Bonchev–Trinajstić information content (AvgIpc) is 2.82. The first kappa shape index (κ1) is 12.9. The molecule has 1 aromatic heterocycles. The van der Waals surface area contributed by atoms with Crippen LogP contribution in [0.3, 0.4) is 0 Å². The van der Waals surface area contributed by atoms with E-state index in [9.17, 15) is 0 Å². The molecule has 2 nitrogen and oxygen atoms in total. The quantitative estimate of drug-likeness (QED) is 0.894. The van der Waals surface area contributed by atoms with Crippen LogP contribution in [0, 0.1) is 0 Å². The molecule has 0 radical (unpaired) electrons. The van der Waals surface area contributed by atoms with E-state index < -0.39 is 0 Å². The molecule has 1 saturated carbocycles. The van der Waals surface area contributed by atoms with Crippen LogP contribution < -0.4 is 5.32 Å². The molecule has 1 aromatic rings.